The number of methoxy groups -OCH3 is 1. The van der Waals surface area contributed by atoms with E-state index >= 15 is 0 Å². The average Bonchev–Trinajstić information content (AvgIpc) is 2.48. The number of carboxylic acid groups (broad SMARTS) is 1. The smallest absolute Gasteiger partial charge is 0.306 e. The van der Waals surface area contributed by atoms with Crippen LogP contribution in [0.4, 0.5) is 0 Å². The van der Waals surface area contributed by atoms with Gasteiger partial charge in [-0.2, -0.15) is 11.8 Å². The van der Waals surface area contributed by atoms with E-state index in [1.165, 1.54) is 0 Å². The Labute approximate surface area is 129 Å². The fraction of sp³-hybridized carbons (Fsp3) is 0.562. The molecule has 0 saturated carbocycles. The zero-order valence-electron chi connectivity index (χ0n) is 12.5. The average molecular weight is 310 g/mol. The molecule has 0 amide bonds. The highest BCUT2D eigenvalue weighted by atomic mass is 32.2. The van der Waals surface area contributed by atoms with Crippen LogP contribution in [0.25, 0.3) is 0 Å². The molecule has 1 aliphatic rings. The van der Waals surface area contributed by atoms with Crippen LogP contribution in [-0.2, 0) is 11.2 Å². The molecule has 0 bridgehead atoms. The zero-order valence-corrected chi connectivity index (χ0v) is 13.3. The van der Waals surface area contributed by atoms with Crippen molar-refractivity contribution in [1.82, 2.24) is 0 Å². The second kappa shape index (κ2) is 7.59. The van der Waals surface area contributed by atoms with Crippen molar-refractivity contribution in [2.45, 2.75) is 32.3 Å². The number of thioether (sulfide) groups is 1. The van der Waals surface area contributed by atoms with Crippen LogP contribution in [0.2, 0.25) is 0 Å². The molecule has 21 heavy (non-hydrogen) atoms. The number of hydrogen-bond acceptors (Lipinski definition) is 4. The minimum atomic E-state index is -0.798. The fourth-order valence-corrected chi connectivity index (χ4v) is 3.50. The molecule has 116 valence electrons. The molecule has 0 spiro atoms. The van der Waals surface area contributed by atoms with Crippen LogP contribution in [0, 0.1) is 5.92 Å². The third-order valence-corrected chi connectivity index (χ3v) is 4.72. The molecule has 1 N–H and O–H groups in total. The Morgan fingerprint density at radius 2 is 2.14 bits per heavy atom. The predicted octanol–water partition coefficient (Wildman–Crippen LogP) is 3.23. The summed E-state index contributed by atoms with van der Waals surface area (Å²) in [5, 5.41) is 9.06. The molecule has 0 aromatic heterocycles. The maximum Gasteiger partial charge on any atom is 0.306 e. The van der Waals surface area contributed by atoms with E-state index in [2.05, 4.69) is 0 Å². The number of aliphatic carboxylic acids is 1. The van der Waals surface area contributed by atoms with Crippen LogP contribution in [0.15, 0.2) is 18.2 Å². The van der Waals surface area contributed by atoms with Gasteiger partial charge in [-0.05, 0) is 42.4 Å². The van der Waals surface area contributed by atoms with E-state index in [9.17, 15) is 4.79 Å². The monoisotopic (exact) mass is 310 g/mol. The molecule has 1 aliphatic heterocycles. The molecule has 1 aromatic carbocycles. The summed E-state index contributed by atoms with van der Waals surface area (Å²) in [5.41, 5.74) is 0.884. The van der Waals surface area contributed by atoms with Crippen molar-refractivity contribution in [1.29, 1.82) is 0 Å². The summed E-state index contributed by atoms with van der Waals surface area (Å²) in [7, 11) is 1.61. The van der Waals surface area contributed by atoms with E-state index in [-0.39, 0.29) is 6.10 Å². The molecular weight excluding hydrogens is 288 g/mol. The molecule has 0 radical (unpaired) electrons. The number of carbonyl (C=O) groups is 1. The second-order valence-electron chi connectivity index (χ2n) is 5.32. The van der Waals surface area contributed by atoms with Gasteiger partial charge in [0, 0.05) is 0 Å². The Kier molecular flexibility index (Phi) is 5.79. The number of para-hydroxylation sites is 1. The number of hydrogen-bond donors (Lipinski definition) is 1. The van der Waals surface area contributed by atoms with Crippen LogP contribution in [0.3, 0.4) is 0 Å². The standard InChI is InChI=1S/C16H22O4S/c1-11(16(17)18)10-12-4-3-5-14(15(12)19-2)20-13-6-8-21-9-7-13/h3-5,11,13H,6-10H2,1-2H3,(H,17,18). The number of ether oxygens (including phenoxy) is 2. The molecule has 0 aliphatic carbocycles. The van der Waals surface area contributed by atoms with Crippen LogP contribution < -0.4 is 9.47 Å². The van der Waals surface area contributed by atoms with Crippen molar-refractivity contribution in [3.8, 4) is 11.5 Å². The van der Waals surface area contributed by atoms with Gasteiger partial charge >= 0.3 is 5.97 Å². The van der Waals surface area contributed by atoms with E-state index in [4.69, 9.17) is 14.6 Å². The first kappa shape index (κ1) is 16.0. The molecule has 1 aromatic rings. The molecule has 1 fully saturated rings. The van der Waals surface area contributed by atoms with E-state index in [0.717, 1.165) is 35.7 Å². The Morgan fingerprint density at radius 1 is 1.43 bits per heavy atom. The van der Waals surface area contributed by atoms with Gasteiger partial charge in [0.05, 0.1) is 13.0 Å². The molecule has 2 rings (SSSR count). The SMILES string of the molecule is COc1c(CC(C)C(=O)O)cccc1OC1CCSCC1. The quantitative estimate of drug-likeness (QED) is 0.874. The first-order chi connectivity index (χ1) is 10.1. The topological polar surface area (TPSA) is 55.8 Å². The minimum Gasteiger partial charge on any atom is -0.493 e. The van der Waals surface area contributed by atoms with Crippen molar-refractivity contribution < 1.29 is 19.4 Å². The van der Waals surface area contributed by atoms with Gasteiger partial charge in [-0.25, -0.2) is 0 Å². The predicted molar refractivity (Wildman–Crippen MR) is 84.5 cm³/mol. The van der Waals surface area contributed by atoms with Gasteiger partial charge in [0.1, 0.15) is 6.10 Å². The van der Waals surface area contributed by atoms with Crippen LogP contribution in [0.1, 0.15) is 25.3 Å². The lowest BCUT2D eigenvalue weighted by Crippen LogP contribution is -2.22. The van der Waals surface area contributed by atoms with Gasteiger partial charge in [-0.1, -0.05) is 19.1 Å². The van der Waals surface area contributed by atoms with Crippen LogP contribution in [-0.4, -0.2) is 35.8 Å². The maximum atomic E-state index is 11.0. The highest BCUT2D eigenvalue weighted by molar-refractivity contribution is 7.99. The Bertz CT molecular complexity index is 483. The summed E-state index contributed by atoms with van der Waals surface area (Å²) in [6.45, 7) is 1.70. The Hall–Kier alpha value is -1.36. The van der Waals surface area contributed by atoms with E-state index < -0.39 is 11.9 Å². The number of carboxylic acids is 1. The summed E-state index contributed by atoms with van der Waals surface area (Å²) < 4.78 is 11.5. The van der Waals surface area contributed by atoms with Gasteiger partial charge in [-0.15, -0.1) is 0 Å². The lowest BCUT2D eigenvalue weighted by atomic mass is 10.00. The Balaban J connectivity index is 2.15. The molecule has 1 saturated heterocycles. The molecule has 1 unspecified atom stereocenters. The van der Waals surface area contributed by atoms with Crippen molar-refractivity contribution >= 4 is 17.7 Å². The van der Waals surface area contributed by atoms with Crippen molar-refractivity contribution in [3.63, 3.8) is 0 Å². The highest BCUT2D eigenvalue weighted by Gasteiger charge is 2.20. The van der Waals surface area contributed by atoms with E-state index in [0.29, 0.717) is 12.2 Å². The fourth-order valence-electron chi connectivity index (χ4n) is 2.44. The number of rotatable bonds is 6. The summed E-state index contributed by atoms with van der Waals surface area (Å²) in [4.78, 5) is 11.0. The lowest BCUT2D eigenvalue weighted by Gasteiger charge is -2.24. The highest BCUT2D eigenvalue weighted by Crippen LogP contribution is 2.34. The maximum absolute atomic E-state index is 11.0. The molecule has 5 heteroatoms. The normalized spacial score (nSPS) is 17.2. The van der Waals surface area contributed by atoms with E-state index in [1.807, 2.05) is 30.0 Å². The molecular formula is C16H22O4S. The summed E-state index contributed by atoms with van der Waals surface area (Å²) in [5.74, 6) is 2.41. The van der Waals surface area contributed by atoms with Gasteiger partial charge < -0.3 is 14.6 Å². The van der Waals surface area contributed by atoms with Crippen LogP contribution >= 0.6 is 11.8 Å². The van der Waals surface area contributed by atoms with Gasteiger partial charge in [0.25, 0.3) is 0 Å². The van der Waals surface area contributed by atoms with Crippen molar-refractivity contribution in [2.24, 2.45) is 5.92 Å². The van der Waals surface area contributed by atoms with Crippen LogP contribution in [0.5, 0.6) is 11.5 Å². The van der Waals surface area contributed by atoms with Gasteiger partial charge in [0.2, 0.25) is 0 Å². The molecule has 4 nitrogen and oxygen atoms in total. The summed E-state index contributed by atoms with van der Waals surface area (Å²) in [6.07, 6.45) is 2.76. The van der Waals surface area contributed by atoms with Gasteiger partial charge in [0.15, 0.2) is 11.5 Å². The summed E-state index contributed by atoms with van der Waals surface area (Å²) in [6, 6.07) is 5.71. The second-order valence-corrected chi connectivity index (χ2v) is 6.55. The third kappa shape index (κ3) is 4.30. The molecule has 1 atom stereocenters. The first-order valence-electron chi connectivity index (χ1n) is 7.25. The molecule has 1 heterocycles. The third-order valence-electron chi connectivity index (χ3n) is 3.67. The van der Waals surface area contributed by atoms with E-state index in [1.54, 1.807) is 14.0 Å². The largest absolute Gasteiger partial charge is 0.493 e. The minimum absolute atomic E-state index is 0.229. The van der Waals surface area contributed by atoms with Gasteiger partial charge in [-0.3, -0.25) is 4.79 Å². The Morgan fingerprint density at radius 3 is 2.76 bits per heavy atom. The first-order valence-corrected chi connectivity index (χ1v) is 8.40. The summed E-state index contributed by atoms with van der Waals surface area (Å²) >= 11 is 1.96. The van der Waals surface area contributed by atoms with Crippen molar-refractivity contribution in [2.75, 3.05) is 18.6 Å². The zero-order chi connectivity index (χ0) is 15.2. The lowest BCUT2D eigenvalue weighted by molar-refractivity contribution is -0.141. The number of benzene rings is 1. The van der Waals surface area contributed by atoms with Crippen molar-refractivity contribution in [3.05, 3.63) is 23.8 Å².